The van der Waals surface area contributed by atoms with Crippen LogP contribution in [0, 0.1) is 40.9 Å². The summed E-state index contributed by atoms with van der Waals surface area (Å²) in [4.78, 5) is 45.4. The van der Waals surface area contributed by atoms with Crippen LogP contribution in [0.25, 0.3) is 10.8 Å². The lowest BCUT2D eigenvalue weighted by Gasteiger charge is -2.52. The molecule has 0 aromatic heterocycles. The van der Waals surface area contributed by atoms with Gasteiger partial charge < -0.3 is 14.7 Å². The molecule has 8 heteroatoms. The Morgan fingerprint density at radius 1 is 0.871 bits per heavy atom. The molecule has 1 saturated carbocycles. The van der Waals surface area contributed by atoms with E-state index < -0.39 is 17.8 Å². The molecule has 0 radical (unpaired) electrons. The summed E-state index contributed by atoms with van der Waals surface area (Å²) < 4.78 is 5.85. The highest BCUT2D eigenvalue weighted by Gasteiger charge is 2.47. The number of amides is 1. The standard InChI is InChI=1S/C54H78N2O6/c1-8-43(39(5)15-12-14-38(3)4)26-27-45-18-13-19-50-49(45)29-28-48(54(50,7)9-2)34-40(6)61-51(58)30-31-52(59)62-55-53(60)46-24-20-41(21-25-46)36-56(32-33-57)37-42-22-23-44-16-10-11-17-47(44)35-42/h10-11,16-17,20-25,28,35,38-40,43,45,49-50,57H,8-9,12-15,18-19,26-27,29-34,36-37H2,1-7H3,(H,55,60). The van der Waals surface area contributed by atoms with Crippen LogP contribution in [0.4, 0.5) is 0 Å². The molecule has 0 spiro atoms. The number of aliphatic hydroxyl groups excluding tert-OH is 1. The first-order valence-electron chi connectivity index (χ1n) is 24.1. The minimum absolute atomic E-state index is 0.0341. The lowest BCUT2D eigenvalue weighted by molar-refractivity contribution is -0.155. The van der Waals surface area contributed by atoms with Gasteiger partial charge in [-0.15, -0.1) is 0 Å². The number of rotatable bonds is 23. The SMILES string of the molecule is CCC(CCC1CCCC2C1CC=C(CC(C)OC(=O)CCC(=O)ONC(=O)c1ccc(CN(CCO)Cc3ccc4ccccc4c3)cc1)C2(C)CC)C(C)CCCC(C)C. The van der Waals surface area contributed by atoms with Crippen LogP contribution < -0.4 is 5.48 Å². The van der Waals surface area contributed by atoms with E-state index >= 15 is 0 Å². The van der Waals surface area contributed by atoms with Crippen LogP contribution in [0.1, 0.15) is 160 Å². The normalized spacial score (nSPS) is 21.5. The molecule has 0 heterocycles. The van der Waals surface area contributed by atoms with Crippen molar-refractivity contribution >= 4 is 28.6 Å². The molecule has 3 aromatic carbocycles. The Morgan fingerprint density at radius 3 is 2.29 bits per heavy atom. The predicted molar refractivity (Wildman–Crippen MR) is 251 cm³/mol. The molecule has 0 saturated heterocycles. The monoisotopic (exact) mass is 851 g/mol. The van der Waals surface area contributed by atoms with E-state index in [0.29, 0.717) is 37.5 Å². The number of nitrogens with zero attached hydrogens (tertiary/aromatic N) is 1. The molecular weight excluding hydrogens is 773 g/mol. The molecule has 2 N–H and O–H groups in total. The molecule has 0 bridgehead atoms. The number of hydrogen-bond donors (Lipinski definition) is 2. The van der Waals surface area contributed by atoms with Gasteiger partial charge in [-0.3, -0.25) is 14.5 Å². The number of benzene rings is 3. The number of ether oxygens (including phenoxy) is 1. The first-order chi connectivity index (χ1) is 29.8. The highest BCUT2D eigenvalue weighted by Crippen LogP contribution is 2.56. The van der Waals surface area contributed by atoms with Gasteiger partial charge in [-0.2, -0.15) is 5.48 Å². The molecule has 1 amide bonds. The fourth-order valence-corrected chi connectivity index (χ4v) is 10.8. The number of hydroxylamine groups is 1. The lowest BCUT2D eigenvalue weighted by Crippen LogP contribution is -2.43. The van der Waals surface area contributed by atoms with Gasteiger partial charge in [-0.1, -0.05) is 140 Å². The molecule has 62 heavy (non-hydrogen) atoms. The second-order valence-corrected chi connectivity index (χ2v) is 19.5. The van der Waals surface area contributed by atoms with E-state index in [-0.39, 0.29) is 31.0 Å². The van der Waals surface area contributed by atoms with Crippen molar-refractivity contribution in [3.63, 3.8) is 0 Å². The van der Waals surface area contributed by atoms with Crippen molar-refractivity contribution < 1.29 is 29.1 Å². The number of hydrogen-bond acceptors (Lipinski definition) is 7. The molecule has 2 aliphatic carbocycles. The highest BCUT2D eigenvalue weighted by atomic mass is 16.7. The largest absolute Gasteiger partial charge is 0.462 e. The average molecular weight is 851 g/mol. The third kappa shape index (κ3) is 14.0. The van der Waals surface area contributed by atoms with Crippen LogP contribution in [-0.4, -0.2) is 47.1 Å². The van der Waals surface area contributed by atoms with Gasteiger partial charge in [-0.05, 0) is 120 Å². The molecular formula is C54H78N2O6. The maximum atomic E-state index is 12.9. The zero-order valence-electron chi connectivity index (χ0n) is 39.1. The maximum Gasteiger partial charge on any atom is 0.332 e. The minimum atomic E-state index is -0.704. The maximum absolute atomic E-state index is 12.9. The van der Waals surface area contributed by atoms with E-state index in [1.165, 1.54) is 74.1 Å². The summed E-state index contributed by atoms with van der Waals surface area (Å²) in [5.74, 6) is 2.90. The van der Waals surface area contributed by atoms with E-state index in [4.69, 9.17) is 9.57 Å². The summed E-state index contributed by atoms with van der Waals surface area (Å²) in [6.45, 7) is 18.1. The predicted octanol–water partition coefficient (Wildman–Crippen LogP) is 12.2. The third-order valence-corrected chi connectivity index (χ3v) is 14.7. The van der Waals surface area contributed by atoms with Crippen LogP contribution in [-0.2, 0) is 32.3 Å². The van der Waals surface area contributed by atoms with Gasteiger partial charge >= 0.3 is 11.9 Å². The highest BCUT2D eigenvalue weighted by molar-refractivity contribution is 5.94. The number of aliphatic hydroxyl groups is 1. The second kappa shape index (κ2) is 24.2. The van der Waals surface area contributed by atoms with Crippen LogP contribution >= 0.6 is 0 Å². The molecule has 7 atom stereocenters. The topological polar surface area (TPSA) is 105 Å². The molecule has 0 aliphatic heterocycles. The van der Waals surface area contributed by atoms with Gasteiger partial charge in [0.05, 0.1) is 19.4 Å². The average Bonchev–Trinajstić information content (AvgIpc) is 3.26. The molecule has 2 aliphatic rings. The number of esters is 1. The van der Waals surface area contributed by atoms with Crippen molar-refractivity contribution in [3.8, 4) is 0 Å². The smallest absolute Gasteiger partial charge is 0.332 e. The summed E-state index contributed by atoms with van der Waals surface area (Å²) in [5, 5.41) is 12.1. The van der Waals surface area contributed by atoms with Gasteiger partial charge in [-0.25, -0.2) is 4.79 Å². The Kier molecular flexibility index (Phi) is 19.1. The second-order valence-electron chi connectivity index (χ2n) is 19.5. The van der Waals surface area contributed by atoms with Crippen LogP contribution in [0.15, 0.2) is 78.4 Å². The van der Waals surface area contributed by atoms with Crippen molar-refractivity contribution in [3.05, 3.63) is 95.1 Å². The van der Waals surface area contributed by atoms with E-state index in [2.05, 4.69) is 88.3 Å². The number of allylic oxidation sites excluding steroid dienone is 1. The number of fused-ring (bicyclic) bond motifs is 2. The van der Waals surface area contributed by atoms with Crippen molar-refractivity contribution in [1.29, 1.82) is 0 Å². The van der Waals surface area contributed by atoms with E-state index in [9.17, 15) is 19.5 Å². The summed E-state index contributed by atoms with van der Waals surface area (Å²) >= 11 is 0. The van der Waals surface area contributed by atoms with Crippen LogP contribution in [0.5, 0.6) is 0 Å². The van der Waals surface area contributed by atoms with Gasteiger partial charge in [0, 0.05) is 31.6 Å². The summed E-state index contributed by atoms with van der Waals surface area (Å²) in [5.41, 5.74) is 6.22. The van der Waals surface area contributed by atoms with Gasteiger partial charge in [0.25, 0.3) is 5.91 Å². The number of carbonyl (C=O) groups is 3. The first kappa shape index (κ1) is 49.0. The van der Waals surface area contributed by atoms with E-state index in [1.807, 2.05) is 31.2 Å². The molecule has 7 unspecified atom stereocenters. The van der Waals surface area contributed by atoms with Crippen molar-refractivity contribution in [2.45, 2.75) is 158 Å². The fourth-order valence-electron chi connectivity index (χ4n) is 10.8. The Labute approximate surface area is 373 Å². The Morgan fingerprint density at radius 2 is 1.58 bits per heavy atom. The first-order valence-corrected chi connectivity index (χ1v) is 24.1. The Hall–Kier alpha value is -4.01. The fraction of sp³-hybridized carbons (Fsp3) is 0.611. The number of carbonyl (C=O) groups excluding carboxylic acids is 3. The molecule has 1 fully saturated rings. The van der Waals surface area contributed by atoms with Gasteiger partial charge in [0.2, 0.25) is 0 Å². The molecule has 5 rings (SSSR count). The Balaban J connectivity index is 1.03. The van der Waals surface area contributed by atoms with Crippen molar-refractivity contribution in [2.75, 3.05) is 13.2 Å². The summed E-state index contributed by atoms with van der Waals surface area (Å²) in [7, 11) is 0. The van der Waals surface area contributed by atoms with Gasteiger partial charge in [0.1, 0.15) is 6.10 Å². The van der Waals surface area contributed by atoms with Crippen molar-refractivity contribution in [1.82, 2.24) is 10.4 Å². The molecule has 340 valence electrons. The molecule has 8 nitrogen and oxygen atoms in total. The quantitative estimate of drug-likeness (QED) is 0.0556. The van der Waals surface area contributed by atoms with E-state index in [0.717, 1.165) is 53.6 Å². The molecule has 3 aromatic rings. The van der Waals surface area contributed by atoms with E-state index in [1.54, 1.807) is 12.1 Å². The lowest BCUT2D eigenvalue weighted by atomic mass is 9.53. The van der Waals surface area contributed by atoms with Crippen LogP contribution in [0.3, 0.4) is 0 Å². The summed E-state index contributed by atoms with van der Waals surface area (Å²) in [6, 6.07) is 21.7. The van der Waals surface area contributed by atoms with Crippen LogP contribution in [0.2, 0.25) is 0 Å². The minimum Gasteiger partial charge on any atom is -0.462 e. The summed E-state index contributed by atoms with van der Waals surface area (Å²) in [6.07, 6.45) is 16.8. The Bertz CT molecular complexity index is 1910. The number of nitrogens with one attached hydrogen (secondary N) is 1. The zero-order valence-corrected chi connectivity index (χ0v) is 39.1. The van der Waals surface area contributed by atoms with Crippen molar-refractivity contribution in [2.24, 2.45) is 40.9 Å². The third-order valence-electron chi connectivity index (χ3n) is 14.7. The zero-order chi connectivity index (χ0) is 44.6. The van der Waals surface area contributed by atoms with Gasteiger partial charge in [0.15, 0.2) is 0 Å².